The summed E-state index contributed by atoms with van der Waals surface area (Å²) in [5.41, 5.74) is 0.693. The summed E-state index contributed by atoms with van der Waals surface area (Å²) in [6.45, 7) is 2.31. The third-order valence-corrected chi connectivity index (χ3v) is 4.96. The predicted molar refractivity (Wildman–Crippen MR) is 97.1 cm³/mol. The van der Waals surface area contributed by atoms with Crippen LogP contribution in [0.5, 0.6) is 5.75 Å². The number of aryl methyl sites for hydroxylation is 1. The molecule has 2 rings (SSSR count). The first-order valence-corrected chi connectivity index (χ1v) is 9.68. The molecule has 0 spiro atoms. The monoisotopic (exact) mass is 398 g/mol. The van der Waals surface area contributed by atoms with Crippen molar-refractivity contribution in [3.8, 4) is 5.75 Å². The zero-order valence-electron chi connectivity index (χ0n) is 14.4. The van der Waals surface area contributed by atoms with Gasteiger partial charge < -0.3 is 9.47 Å². The van der Waals surface area contributed by atoms with E-state index in [4.69, 9.17) is 21.1 Å². The number of carbonyl (C=O) groups excluding carboxylic acids is 1. The lowest BCUT2D eigenvalue weighted by molar-refractivity contribution is 0.0976. The Morgan fingerprint density at radius 1 is 1.23 bits per heavy atom. The number of pyridine rings is 1. The number of carbonyl (C=O) groups is 1. The van der Waals surface area contributed by atoms with Gasteiger partial charge >= 0.3 is 0 Å². The minimum atomic E-state index is -4.21. The van der Waals surface area contributed by atoms with Crippen LogP contribution in [0, 0.1) is 0 Å². The molecule has 0 atom stereocenters. The molecule has 1 aromatic carbocycles. The van der Waals surface area contributed by atoms with E-state index in [1.165, 1.54) is 31.4 Å². The van der Waals surface area contributed by atoms with E-state index in [9.17, 15) is 13.2 Å². The Hall–Kier alpha value is -2.16. The summed E-state index contributed by atoms with van der Waals surface area (Å²) in [7, 11) is -2.71. The highest BCUT2D eigenvalue weighted by Crippen LogP contribution is 2.27. The van der Waals surface area contributed by atoms with Crippen molar-refractivity contribution in [2.75, 3.05) is 20.3 Å². The van der Waals surface area contributed by atoms with Gasteiger partial charge in [-0.2, -0.15) is 0 Å². The van der Waals surface area contributed by atoms with Crippen LogP contribution in [0.4, 0.5) is 0 Å². The second-order valence-electron chi connectivity index (χ2n) is 5.23. The first-order chi connectivity index (χ1) is 12.4. The lowest BCUT2D eigenvalue weighted by atomic mass is 10.2. The summed E-state index contributed by atoms with van der Waals surface area (Å²) < 4.78 is 37.6. The molecule has 2 aromatic rings. The molecule has 0 saturated carbocycles. The van der Waals surface area contributed by atoms with Crippen molar-refractivity contribution in [1.82, 2.24) is 9.71 Å². The number of methoxy groups -OCH3 is 1. The van der Waals surface area contributed by atoms with Crippen LogP contribution in [0.3, 0.4) is 0 Å². The van der Waals surface area contributed by atoms with Crippen LogP contribution in [0.2, 0.25) is 5.02 Å². The molecule has 0 unspecified atom stereocenters. The van der Waals surface area contributed by atoms with Gasteiger partial charge in [0.1, 0.15) is 22.9 Å². The largest absolute Gasteiger partial charge is 0.490 e. The van der Waals surface area contributed by atoms with Gasteiger partial charge in [0.25, 0.3) is 15.9 Å². The van der Waals surface area contributed by atoms with Crippen molar-refractivity contribution in [1.29, 1.82) is 0 Å². The fourth-order valence-electron chi connectivity index (χ4n) is 2.08. The Balaban J connectivity index is 2.28. The smallest absolute Gasteiger partial charge is 0.283 e. The van der Waals surface area contributed by atoms with E-state index >= 15 is 0 Å². The van der Waals surface area contributed by atoms with Crippen LogP contribution in [0.1, 0.15) is 23.1 Å². The van der Waals surface area contributed by atoms with Crippen molar-refractivity contribution >= 4 is 27.5 Å². The SMILES string of the molecule is CCc1cccc(C(=O)NS(=O)(=O)c2cc(Cl)ccc2OCCOC)n1. The standard InChI is InChI=1S/C17H19ClN2O5S/c1-3-13-5-4-6-14(19-13)17(21)20-26(22,23)16-11-12(18)7-8-15(16)25-10-9-24-2/h4-8,11H,3,9-10H2,1-2H3,(H,20,21). The Morgan fingerprint density at radius 3 is 2.69 bits per heavy atom. The molecule has 140 valence electrons. The maximum absolute atomic E-state index is 12.6. The quantitative estimate of drug-likeness (QED) is 0.686. The predicted octanol–water partition coefficient (Wildman–Crippen LogP) is 2.44. The van der Waals surface area contributed by atoms with Gasteiger partial charge in [-0.15, -0.1) is 0 Å². The van der Waals surface area contributed by atoms with Gasteiger partial charge in [0.2, 0.25) is 0 Å². The topological polar surface area (TPSA) is 94.6 Å². The van der Waals surface area contributed by atoms with E-state index in [2.05, 4.69) is 4.98 Å². The molecule has 0 saturated heterocycles. The molecule has 0 aliphatic rings. The van der Waals surface area contributed by atoms with Crippen molar-refractivity contribution in [2.24, 2.45) is 0 Å². The lowest BCUT2D eigenvalue weighted by Gasteiger charge is -2.13. The number of hydrogen-bond donors (Lipinski definition) is 1. The number of benzene rings is 1. The first kappa shape index (κ1) is 20.2. The molecule has 9 heteroatoms. The highest BCUT2D eigenvalue weighted by molar-refractivity contribution is 7.90. The summed E-state index contributed by atoms with van der Waals surface area (Å²) in [6, 6.07) is 8.98. The maximum Gasteiger partial charge on any atom is 0.283 e. The van der Waals surface area contributed by atoms with E-state index in [1.54, 1.807) is 12.1 Å². The van der Waals surface area contributed by atoms with Crippen LogP contribution in [0.15, 0.2) is 41.3 Å². The molecule has 0 fully saturated rings. The lowest BCUT2D eigenvalue weighted by Crippen LogP contribution is -2.31. The van der Waals surface area contributed by atoms with Crippen LogP contribution in [-0.2, 0) is 21.2 Å². The molecule has 1 amide bonds. The van der Waals surface area contributed by atoms with Crippen LogP contribution in [-0.4, -0.2) is 39.6 Å². The Bertz CT molecular complexity index is 886. The molecule has 1 heterocycles. The number of nitrogens with zero attached hydrogens (tertiary/aromatic N) is 1. The third-order valence-electron chi connectivity index (χ3n) is 3.37. The second-order valence-corrected chi connectivity index (χ2v) is 7.32. The number of rotatable bonds is 8. The maximum atomic E-state index is 12.6. The Morgan fingerprint density at radius 2 is 2.00 bits per heavy atom. The molecule has 26 heavy (non-hydrogen) atoms. The number of sulfonamides is 1. The zero-order chi connectivity index (χ0) is 19.2. The van der Waals surface area contributed by atoms with Crippen molar-refractivity contribution in [3.05, 3.63) is 52.8 Å². The van der Waals surface area contributed by atoms with Gasteiger partial charge in [-0.3, -0.25) is 4.79 Å². The fraction of sp³-hybridized carbons (Fsp3) is 0.294. The molecule has 0 radical (unpaired) electrons. The van der Waals surface area contributed by atoms with Crippen LogP contribution in [0.25, 0.3) is 0 Å². The van der Waals surface area contributed by atoms with Gasteiger partial charge in [-0.25, -0.2) is 18.1 Å². The summed E-state index contributed by atoms with van der Waals surface area (Å²) in [5.74, 6) is -0.759. The Labute approximate surface area is 157 Å². The molecule has 0 bridgehead atoms. The summed E-state index contributed by atoms with van der Waals surface area (Å²) in [5, 5.41) is 0.197. The van der Waals surface area contributed by atoms with Crippen LogP contribution >= 0.6 is 11.6 Å². The van der Waals surface area contributed by atoms with Crippen molar-refractivity contribution in [2.45, 2.75) is 18.2 Å². The molecular formula is C17H19ClN2O5S. The average molecular weight is 399 g/mol. The molecule has 1 N–H and O–H groups in total. The van der Waals surface area contributed by atoms with E-state index in [0.717, 1.165) is 0 Å². The van der Waals surface area contributed by atoms with Gasteiger partial charge in [-0.05, 0) is 36.8 Å². The van der Waals surface area contributed by atoms with E-state index in [-0.39, 0.29) is 34.6 Å². The zero-order valence-corrected chi connectivity index (χ0v) is 15.9. The molecule has 1 aromatic heterocycles. The van der Waals surface area contributed by atoms with E-state index in [0.29, 0.717) is 12.1 Å². The molecule has 0 aliphatic heterocycles. The van der Waals surface area contributed by atoms with Crippen molar-refractivity contribution < 1.29 is 22.7 Å². The van der Waals surface area contributed by atoms with Gasteiger partial charge in [-0.1, -0.05) is 24.6 Å². The highest BCUT2D eigenvalue weighted by Gasteiger charge is 2.24. The number of ether oxygens (including phenoxy) is 2. The minimum absolute atomic E-state index is 0.0109. The Kier molecular flexibility index (Phi) is 6.96. The van der Waals surface area contributed by atoms with Gasteiger partial charge in [0.05, 0.1) is 6.61 Å². The average Bonchev–Trinajstić information content (AvgIpc) is 2.62. The third kappa shape index (κ3) is 5.17. The second kappa shape index (κ2) is 8.98. The molecule has 7 nitrogen and oxygen atoms in total. The van der Waals surface area contributed by atoms with Gasteiger partial charge in [0, 0.05) is 17.8 Å². The number of aromatic nitrogens is 1. The molecular weight excluding hydrogens is 380 g/mol. The first-order valence-electron chi connectivity index (χ1n) is 7.81. The minimum Gasteiger partial charge on any atom is -0.490 e. The number of amides is 1. The van der Waals surface area contributed by atoms with Crippen molar-refractivity contribution in [3.63, 3.8) is 0 Å². The number of hydrogen-bond acceptors (Lipinski definition) is 6. The van der Waals surface area contributed by atoms with Crippen LogP contribution < -0.4 is 9.46 Å². The number of nitrogens with one attached hydrogen (secondary N) is 1. The van der Waals surface area contributed by atoms with E-state index in [1.807, 2.05) is 11.6 Å². The number of halogens is 1. The summed E-state index contributed by atoms with van der Waals surface area (Å²) >= 11 is 5.91. The summed E-state index contributed by atoms with van der Waals surface area (Å²) in [4.78, 5) is 16.2. The van der Waals surface area contributed by atoms with E-state index < -0.39 is 15.9 Å². The highest BCUT2D eigenvalue weighted by atomic mass is 35.5. The molecule has 0 aliphatic carbocycles. The fourth-order valence-corrected chi connectivity index (χ4v) is 3.45. The summed E-state index contributed by atoms with van der Waals surface area (Å²) in [6.07, 6.45) is 0.625. The van der Waals surface area contributed by atoms with Gasteiger partial charge in [0.15, 0.2) is 0 Å². The normalized spacial score (nSPS) is 11.2.